The molecular weight excluding hydrogens is 556 g/mol. The van der Waals surface area contributed by atoms with E-state index in [-0.39, 0.29) is 5.41 Å². The highest BCUT2D eigenvalue weighted by molar-refractivity contribution is 6.12. The van der Waals surface area contributed by atoms with Gasteiger partial charge < -0.3 is 9.47 Å². The molecule has 1 aliphatic carbocycles. The van der Waals surface area contributed by atoms with Gasteiger partial charge in [-0.05, 0) is 102 Å². The molecule has 0 saturated carbocycles. The first kappa shape index (κ1) is 27.0. The fourth-order valence-electron chi connectivity index (χ4n) is 7.94. The van der Waals surface area contributed by atoms with Crippen LogP contribution < -0.4 is 4.90 Å². The second-order valence-corrected chi connectivity index (χ2v) is 13.4. The van der Waals surface area contributed by atoms with Gasteiger partial charge in [-0.1, -0.05) is 110 Å². The fourth-order valence-corrected chi connectivity index (χ4v) is 7.94. The Morgan fingerprint density at radius 1 is 0.652 bits per heavy atom. The first-order valence-corrected chi connectivity index (χ1v) is 16.4. The molecule has 2 heteroatoms. The van der Waals surface area contributed by atoms with E-state index < -0.39 is 0 Å². The fraction of sp³-hybridized carbons (Fsp3) is 0.136. The molecule has 1 aliphatic heterocycles. The highest BCUT2D eigenvalue weighted by Gasteiger charge is 2.34. The molecule has 222 valence electrons. The van der Waals surface area contributed by atoms with Crippen LogP contribution in [-0.4, -0.2) is 4.57 Å². The summed E-state index contributed by atoms with van der Waals surface area (Å²) >= 11 is 0. The summed E-state index contributed by atoms with van der Waals surface area (Å²) in [5, 5.41) is 2.58. The van der Waals surface area contributed by atoms with Crippen molar-refractivity contribution in [3.05, 3.63) is 161 Å². The molecule has 1 aromatic heterocycles. The van der Waals surface area contributed by atoms with Crippen LogP contribution >= 0.6 is 0 Å². The van der Waals surface area contributed by atoms with Crippen LogP contribution in [-0.2, 0) is 11.8 Å². The molecule has 0 atom stereocenters. The number of aryl methyl sites for hydroxylation is 2. The minimum atomic E-state index is -0.0766. The molecular formula is C44H36N2. The van der Waals surface area contributed by atoms with Crippen LogP contribution in [0.2, 0.25) is 0 Å². The number of allylic oxidation sites excluding steroid dienone is 1. The molecule has 0 spiro atoms. The highest BCUT2D eigenvalue weighted by atomic mass is 15.1. The van der Waals surface area contributed by atoms with Crippen LogP contribution in [0.15, 0.2) is 133 Å². The monoisotopic (exact) mass is 592 g/mol. The summed E-state index contributed by atoms with van der Waals surface area (Å²) in [4.78, 5) is 2.40. The third-order valence-corrected chi connectivity index (χ3v) is 10.3. The van der Waals surface area contributed by atoms with Crippen LogP contribution in [0.3, 0.4) is 0 Å². The van der Waals surface area contributed by atoms with E-state index in [0.29, 0.717) is 0 Å². The van der Waals surface area contributed by atoms with Crippen molar-refractivity contribution in [2.24, 2.45) is 0 Å². The summed E-state index contributed by atoms with van der Waals surface area (Å²) in [7, 11) is 0. The van der Waals surface area contributed by atoms with Gasteiger partial charge in [-0.25, -0.2) is 0 Å². The van der Waals surface area contributed by atoms with Crippen LogP contribution in [0.25, 0.3) is 44.7 Å². The minimum Gasteiger partial charge on any atom is -0.310 e. The van der Waals surface area contributed by atoms with E-state index in [0.717, 1.165) is 29.9 Å². The molecule has 46 heavy (non-hydrogen) atoms. The summed E-state index contributed by atoms with van der Waals surface area (Å²) in [5.41, 5.74) is 16.6. The Labute approximate surface area is 270 Å². The van der Waals surface area contributed by atoms with Crippen LogP contribution in [0.5, 0.6) is 0 Å². The minimum absolute atomic E-state index is 0.0766. The molecule has 9 rings (SSSR count). The smallest absolute Gasteiger partial charge is 0.0582 e. The van der Waals surface area contributed by atoms with E-state index in [9.17, 15) is 0 Å². The number of aromatic nitrogens is 1. The van der Waals surface area contributed by atoms with Crippen molar-refractivity contribution in [3.8, 4) is 16.8 Å². The molecule has 6 aromatic carbocycles. The summed E-state index contributed by atoms with van der Waals surface area (Å²) in [6.45, 7) is 6.87. The molecule has 7 aromatic rings. The predicted molar refractivity (Wildman–Crippen MR) is 195 cm³/mol. The van der Waals surface area contributed by atoms with E-state index in [1.165, 1.54) is 66.4 Å². The van der Waals surface area contributed by atoms with Crippen molar-refractivity contribution in [2.45, 2.75) is 39.0 Å². The Balaban J connectivity index is 1.23. The van der Waals surface area contributed by atoms with Gasteiger partial charge in [-0.15, -0.1) is 0 Å². The Morgan fingerprint density at radius 3 is 2.20 bits per heavy atom. The van der Waals surface area contributed by atoms with Crippen molar-refractivity contribution in [2.75, 3.05) is 4.90 Å². The van der Waals surface area contributed by atoms with Crippen molar-refractivity contribution < 1.29 is 0 Å². The Morgan fingerprint density at radius 2 is 1.37 bits per heavy atom. The van der Waals surface area contributed by atoms with Gasteiger partial charge in [0.25, 0.3) is 0 Å². The van der Waals surface area contributed by atoms with Crippen LogP contribution in [0, 0.1) is 6.92 Å². The zero-order valence-electron chi connectivity index (χ0n) is 26.6. The molecule has 0 fully saturated rings. The third-order valence-electron chi connectivity index (χ3n) is 10.3. The van der Waals surface area contributed by atoms with Gasteiger partial charge >= 0.3 is 0 Å². The van der Waals surface area contributed by atoms with Crippen molar-refractivity contribution in [1.29, 1.82) is 0 Å². The zero-order chi connectivity index (χ0) is 31.0. The van der Waals surface area contributed by atoms with E-state index in [1.807, 2.05) is 0 Å². The maximum atomic E-state index is 2.49. The van der Waals surface area contributed by atoms with E-state index in [2.05, 4.69) is 170 Å². The number of rotatable bonds is 4. The SMILES string of the molecule is Cc1ccc(N(c2ccc(-c3cccc4c3C=CCC4)cc2)c2ccc3c(c2)c2cccc4c2n3-c2ccccc2C4(C)C)cc1. The quantitative estimate of drug-likeness (QED) is 0.197. The van der Waals surface area contributed by atoms with Crippen molar-refractivity contribution in [1.82, 2.24) is 4.57 Å². The Kier molecular flexibility index (Phi) is 5.92. The largest absolute Gasteiger partial charge is 0.310 e. The van der Waals surface area contributed by atoms with Gasteiger partial charge in [0.2, 0.25) is 0 Å². The first-order chi connectivity index (χ1) is 22.5. The molecule has 0 radical (unpaired) electrons. The molecule has 0 bridgehead atoms. The van der Waals surface area contributed by atoms with Crippen molar-refractivity contribution >= 4 is 44.9 Å². The van der Waals surface area contributed by atoms with Gasteiger partial charge in [0.1, 0.15) is 0 Å². The molecule has 0 amide bonds. The number of anilines is 3. The zero-order valence-corrected chi connectivity index (χ0v) is 26.6. The maximum Gasteiger partial charge on any atom is 0.0582 e. The molecule has 0 saturated heterocycles. The van der Waals surface area contributed by atoms with E-state index in [4.69, 9.17) is 0 Å². The second-order valence-electron chi connectivity index (χ2n) is 13.4. The summed E-state index contributed by atoms with van der Waals surface area (Å²) < 4.78 is 2.49. The topological polar surface area (TPSA) is 8.17 Å². The van der Waals surface area contributed by atoms with E-state index in [1.54, 1.807) is 0 Å². The molecule has 2 aliphatic rings. The maximum absolute atomic E-state index is 2.49. The summed E-state index contributed by atoms with van der Waals surface area (Å²) in [6, 6.07) is 47.5. The van der Waals surface area contributed by atoms with Crippen LogP contribution in [0.1, 0.15) is 48.1 Å². The lowest BCUT2D eigenvalue weighted by Gasteiger charge is -2.34. The molecule has 2 heterocycles. The number of benzene rings is 6. The lowest BCUT2D eigenvalue weighted by Crippen LogP contribution is -2.26. The number of hydrogen-bond acceptors (Lipinski definition) is 1. The number of fused-ring (bicyclic) bond motifs is 6. The van der Waals surface area contributed by atoms with Gasteiger partial charge in [-0.2, -0.15) is 0 Å². The average Bonchev–Trinajstić information content (AvgIpc) is 3.43. The number of hydrogen-bond donors (Lipinski definition) is 0. The lowest BCUT2D eigenvalue weighted by atomic mass is 9.75. The van der Waals surface area contributed by atoms with Crippen molar-refractivity contribution in [3.63, 3.8) is 0 Å². The Bertz CT molecular complexity index is 2330. The standard InChI is InChI=1S/C44H36N2/c1-29-18-22-32(23-19-29)45(33-24-20-31(21-25-33)36-13-8-11-30-10-4-5-12-35(30)36)34-26-27-41-38(28-34)37-14-9-16-40-43(37)46(41)42-17-7-6-15-39(42)44(40,2)3/h5-9,11-28H,4,10H2,1-3H3. The normalized spacial score (nSPS) is 14.3. The highest BCUT2D eigenvalue weighted by Crippen LogP contribution is 2.48. The van der Waals surface area contributed by atoms with Gasteiger partial charge in [0, 0.05) is 33.2 Å². The van der Waals surface area contributed by atoms with Gasteiger partial charge in [-0.3, -0.25) is 0 Å². The summed E-state index contributed by atoms with van der Waals surface area (Å²) in [5.74, 6) is 0. The number of para-hydroxylation sites is 2. The molecule has 0 unspecified atom stereocenters. The predicted octanol–water partition coefficient (Wildman–Crippen LogP) is 11.8. The molecule has 0 N–H and O–H groups in total. The second kappa shape index (κ2) is 10.1. The summed E-state index contributed by atoms with van der Waals surface area (Å²) in [6.07, 6.45) is 6.84. The third kappa shape index (κ3) is 3.96. The first-order valence-electron chi connectivity index (χ1n) is 16.4. The van der Waals surface area contributed by atoms with Gasteiger partial charge in [0.05, 0.1) is 16.7 Å². The Hall–Kier alpha value is -5.34. The average molecular weight is 593 g/mol. The van der Waals surface area contributed by atoms with Crippen LogP contribution in [0.4, 0.5) is 17.1 Å². The lowest BCUT2D eigenvalue weighted by molar-refractivity contribution is 0.630. The van der Waals surface area contributed by atoms with E-state index >= 15 is 0 Å². The molecule has 2 nitrogen and oxygen atoms in total. The number of nitrogens with zero attached hydrogens (tertiary/aromatic N) is 2. The van der Waals surface area contributed by atoms with Gasteiger partial charge in [0.15, 0.2) is 0 Å².